The summed E-state index contributed by atoms with van der Waals surface area (Å²) in [7, 11) is 1.29. The maximum Gasteiger partial charge on any atom is 0.306 e. The fraction of sp³-hybridized carbons (Fsp3) is 0.385. The van der Waals surface area contributed by atoms with E-state index < -0.39 is 5.97 Å². The molecule has 0 bridgehead atoms. The van der Waals surface area contributed by atoms with Gasteiger partial charge in [-0.3, -0.25) is 9.59 Å². The normalized spacial score (nSPS) is 12.1. The highest BCUT2D eigenvalue weighted by Crippen LogP contribution is 2.36. The predicted molar refractivity (Wildman–Crippen MR) is 67.2 cm³/mol. The quantitative estimate of drug-likeness (QED) is 0.837. The van der Waals surface area contributed by atoms with E-state index in [-0.39, 0.29) is 25.5 Å². The van der Waals surface area contributed by atoms with Crippen LogP contribution >= 0.6 is 0 Å². The molecule has 1 amide bonds. The van der Waals surface area contributed by atoms with Gasteiger partial charge in [-0.2, -0.15) is 0 Å². The van der Waals surface area contributed by atoms with Gasteiger partial charge >= 0.3 is 5.97 Å². The number of aryl methyl sites for hydroxylation is 1. The van der Waals surface area contributed by atoms with Crippen LogP contribution in [0.25, 0.3) is 0 Å². The molecule has 1 heterocycles. The van der Waals surface area contributed by atoms with Crippen molar-refractivity contribution in [3.05, 3.63) is 17.7 Å². The summed E-state index contributed by atoms with van der Waals surface area (Å²) in [5.41, 5.74) is 1.52. The van der Waals surface area contributed by atoms with Gasteiger partial charge in [-0.15, -0.1) is 0 Å². The lowest BCUT2D eigenvalue weighted by Gasteiger charge is -2.09. The molecule has 0 fully saturated rings. The number of carbonyl (C=O) groups is 2. The number of rotatable bonds is 4. The van der Waals surface area contributed by atoms with E-state index in [2.05, 4.69) is 10.1 Å². The van der Waals surface area contributed by atoms with Crippen molar-refractivity contribution in [1.29, 1.82) is 0 Å². The smallest absolute Gasteiger partial charge is 0.306 e. The van der Waals surface area contributed by atoms with Gasteiger partial charge in [0, 0.05) is 18.2 Å². The van der Waals surface area contributed by atoms with Gasteiger partial charge in [0.1, 0.15) is 0 Å². The van der Waals surface area contributed by atoms with Crippen molar-refractivity contribution < 1.29 is 23.8 Å². The third kappa shape index (κ3) is 3.15. The second-order valence-electron chi connectivity index (χ2n) is 4.14. The van der Waals surface area contributed by atoms with E-state index in [4.69, 9.17) is 9.47 Å². The summed E-state index contributed by atoms with van der Waals surface area (Å²) < 4.78 is 15.0. The lowest BCUT2D eigenvalue weighted by molar-refractivity contribution is -0.141. The topological polar surface area (TPSA) is 73.9 Å². The van der Waals surface area contributed by atoms with Gasteiger partial charge in [-0.1, -0.05) is 0 Å². The first-order valence-corrected chi connectivity index (χ1v) is 5.87. The van der Waals surface area contributed by atoms with Gasteiger partial charge in [0.25, 0.3) is 0 Å². The van der Waals surface area contributed by atoms with Crippen LogP contribution in [0, 0.1) is 6.92 Å². The first-order chi connectivity index (χ1) is 9.10. The number of esters is 1. The highest BCUT2D eigenvalue weighted by Gasteiger charge is 2.17. The number of hydrogen-bond donors (Lipinski definition) is 1. The Kier molecular flexibility index (Phi) is 3.89. The zero-order chi connectivity index (χ0) is 13.8. The number of carbonyl (C=O) groups excluding carboxylic acids is 2. The van der Waals surface area contributed by atoms with Crippen LogP contribution in [0.1, 0.15) is 18.4 Å². The number of methoxy groups -OCH3 is 1. The molecular weight excluding hydrogens is 250 g/mol. The number of amides is 1. The Hall–Kier alpha value is -2.24. The van der Waals surface area contributed by atoms with Crippen molar-refractivity contribution >= 4 is 17.6 Å². The molecule has 6 nitrogen and oxygen atoms in total. The second-order valence-corrected chi connectivity index (χ2v) is 4.14. The summed E-state index contributed by atoms with van der Waals surface area (Å²) in [6.07, 6.45) is 0.145. The monoisotopic (exact) mass is 265 g/mol. The molecule has 19 heavy (non-hydrogen) atoms. The zero-order valence-corrected chi connectivity index (χ0v) is 10.8. The number of nitrogens with one attached hydrogen (secondary N) is 1. The molecule has 0 aliphatic carbocycles. The lowest BCUT2D eigenvalue weighted by Crippen LogP contribution is -2.14. The molecule has 0 saturated heterocycles. The largest absolute Gasteiger partial charge is 0.469 e. The third-order valence-corrected chi connectivity index (χ3v) is 2.78. The predicted octanol–water partition coefficient (Wildman–Crippen LogP) is 1.62. The van der Waals surface area contributed by atoms with Gasteiger partial charge in [0.2, 0.25) is 12.7 Å². The molecule has 0 saturated carbocycles. The number of fused-ring (bicyclic) bond motifs is 1. The van der Waals surface area contributed by atoms with Crippen LogP contribution < -0.4 is 14.8 Å². The third-order valence-electron chi connectivity index (χ3n) is 2.78. The number of anilines is 1. The molecule has 2 rings (SSSR count). The average molecular weight is 265 g/mol. The van der Waals surface area contributed by atoms with E-state index in [1.54, 1.807) is 12.1 Å². The Balaban J connectivity index is 1.99. The van der Waals surface area contributed by atoms with Crippen molar-refractivity contribution in [2.45, 2.75) is 19.8 Å². The van der Waals surface area contributed by atoms with E-state index in [9.17, 15) is 9.59 Å². The fourth-order valence-electron chi connectivity index (χ4n) is 1.71. The average Bonchev–Trinajstić information content (AvgIpc) is 2.83. The number of benzene rings is 1. The first-order valence-electron chi connectivity index (χ1n) is 5.87. The molecule has 1 aliphatic heterocycles. The number of ether oxygens (including phenoxy) is 3. The van der Waals surface area contributed by atoms with E-state index >= 15 is 0 Å². The molecule has 1 aromatic carbocycles. The zero-order valence-electron chi connectivity index (χ0n) is 10.8. The molecule has 6 heteroatoms. The summed E-state index contributed by atoms with van der Waals surface area (Å²) in [4.78, 5) is 22.6. The molecule has 102 valence electrons. The Morgan fingerprint density at radius 3 is 2.63 bits per heavy atom. The van der Waals surface area contributed by atoms with Gasteiger partial charge < -0.3 is 19.5 Å². The van der Waals surface area contributed by atoms with Gasteiger partial charge in [-0.05, 0) is 18.6 Å². The highest BCUT2D eigenvalue weighted by atomic mass is 16.7. The van der Waals surface area contributed by atoms with Crippen LogP contribution in [0.2, 0.25) is 0 Å². The van der Waals surface area contributed by atoms with Crippen molar-refractivity contribution in [2.24, 2.45) is 0 Å². The SMILES string of the molecule is COC(=O)CCC(=O)Nc1cc2c(cc1C)OCO2. The Bertz CT molecular complexity index is 512. The van der Waals surface area contributed by atoms with E-state index in [1.165, 1.54) is 7.11 Å². The molecular formula is C13H15NO5. The van der Waals surface area contributed by atoms with E-state index in [0.717, 1.165) is 5.56 Å². The second kappa shape index (κ2) is 5.60. The number of hydrogen-bond acceptors (Lipinski definition) is 5. The minimum absolute atomic E-state index is 0.0614. The summed E-state index contributed by atoms with van der Waals surface area (Å²) in [6.45, 7) is 2.05. The molecule has 0 spiro atoms. The fourth-order valence-corrected chi connectivity index (χ4v) is 1.71. The van der Waals surface area contributed by atoms with Crippen molar-refractivity contribution in [3.63, 3.8) is 0 Å². The van der Waals surface area contributed by atoms with Crippen LogP contribution in [0.5, 0.6) is 11.5 Å². The Labute approximate surface area is 110 Å². The minimum atomic E-state index is -0.405. The van der Waals surface area contributed by atoms with Crippen LogP contribution in [0.4, 0.5) is 5.69 Å². The molecule has 0 aromatic heterocycles. The molecule has 0 unspecified atom stereocenters. The van der Waals surface area contributed by atoms with Crippen LogP contribution in [0.15, 0.2) is 12.1 Å². The van der Waals surface area contributed by atoms with Crippen LogP contribution in [-0.4, -0.2) is 25.8 Å². The Morgan fingerprint density at radius 2 is 1.95 bits per heavy atom. The van der Waals surface area contributed by atoms with E-state index in [1.807, 2.05) is 6.92 Å². The molecule has 1 aliphatic rings. The first kappa shape index (κ1) is 13.2. The van der Waals surface area contributed by atoms with E-state index in [0.29, 0.717) is 17.2 Å². The molecule has 1 aromatic rings. The summed E-state index contributed by atoms with van der Waals surface area (Å²) >= 11 is 0. The van der Waals surface area contributed by atoms with Crippen LogP contribution in [0.3, 0.4) is 0 Å². The van der Waals surface area contributed by atoms with Gasteiger partial charge in [0.15, 0.2) is 11.5 Å². The maximum absolute atomic E-state index is 11.7. The van der Waals surface area contributed by atoms with Crippen molar-refractivity contribution in [3.8, 4) is 11.5 Å². The van der Waals surface area contributed by atoms with Gasteiger partial charge in [-0.25, -0.2) is 0 Å². The minimum Gasteiger partial charge on any atom is -0.469 e. The van der Waals surface area contributed by atoms with Crippen molar-refractivity contribution in [1.82, 2.24) is 0 Å². The van der Waals surface area contributed by atoms with Gasteiger partial charge in [0.05, 0.1) is 13.5 Å². The standard InChI is InChI=1S/C13H15NO5/c1-8-5-10-11(19-7-18-10)6-9(8)14-12(15)3-4-13(16)17-2/h5-6H,3-4,7H2,1-2H3,(H,14,15). The summed E-state index contributed by atoms with van der Waals surface area (Å²) in [5, 5.41) is 2.74. The molecule has 1 N–H and O–H groups in total. The lowest BCUT2D eigenvalue weighted by atomic mass is 10.1. The van der Waals surface area contributed by atoms with Crippen molar-refractivity contribution in [2.75, 3.05) is 19.2 Å². The Morgan fingerprint density at radius 1 is 1.26 bits per heavy atom. The molecule has 0 atom stereocenters. The maximum atomic E-state index is 11.7. The van der Waals surface area contributed by atoms with Crippen LogP contribution in [-0.2, 0) is 14.3 Å². The summed E-state index contributed by atoms with van der Waals surface area (Å²) in [5.74, 6) is 0.629. The summed E-state index contributed by atoms with van der Waals surface area (Å²) in [6, 6.07) is 3.52. The highest BCUT2D eigenvalue weighted by molar-refractivity contribution is 5.93. The molecule has 0 radical (unpaired) electrons.